The monoisotopic (exact) mass is 397 g/mol. The average Bonchev–Trinajstić information content (AvgIpc) is 3.10. The van der Waals surface area contributed by atoms with Crippen molar-refractivity contribution in [2.45, 2.75) is 0 Å². The summed E-state index contributed by atoms with van der Waals surface area (Å²) in [6.45, 7) is 1.26. The Labute approximate surface area is 166 Å². The van der Waals surface area contributed by atoms with Gasteiger partial charge in [0.15, 0.2) is 0 Å². The second-order valence-corrected chi connectivity index (χ2v) is 6.47. The minimum Gasteiger partial charge on any atom is -0.383 e. The van der Waals surface area contributed by atoms with E-state index in [1.807, 2.05) is 24.4 Å². The Morgan fingerprint density at radius 3 is 2.82 bits per heavy atom. The third-order valence-electron chi connectivity index (χ3n) is 4.31. The van der Waals surface area contributed by atoms with Crippen LogP contribution in [0.25, 0.3) is 27.8 Å². The normalized spacial score (nSPS) is 11.1. The summed E-state index contributed by atoms with van der Waals surface area (Å²) in [5, 5.41) is 4.20. The van der Waals surface area contributed by atoms with Crippen LogP contribution in [-0.2, 0) is 4.74 Å². The lowest BCUT2D eigenvalue weighted by molar-refractivity contribution is 0.210. The van der Waals surface area contributed by atoms with Crippen molar-refractivity contribution in [2.24, 2.45) is 0 Å². The molecule has 0 bridgehead atoms. The molecule has 0 fully saturated rings. The lowest BCUT2D eigenvalue weighted by Crippen LogP contribution is -2.08. The van der Waals surface area contributed by atoms with Crippen LogP contribution in [0.4, 0.5) is 10.2 Å². The Hall–Kier alpha value is -3.03. The van der Waals surface area contributed by atoms with Gasteiger partial charge in [0.1, 0.15) is 28.8 Å². The number of nitrogens with zero attached hydrogens (tertiary/aromatic N) is 4. The van der Waals surface area contributed by atoms with Crippen molar-refractivity contribution in [3.8, 4) is 16.8 Å². The first-order valence-corrected chi connectivity index (χ1v) is 9.02. The van der Waals surface area contributed by atoms with Gasteiger partial charge in [-0.2, -0.15) is 0 Å². The first-order chi connectivity index (χ1) is 13.7. The molecule has 0 aliphatic heterocycles. The van der Waals surface area contributed by atoms with Gasteiger partial charge in [0, 0.05) is 42.9 Å². The maximum absolute atomic E-state index is 13.7. The fraction of sp³-hybridized carbons (Fsp3) is 0.150. The topological polar surface area (TPSA) is 64.9 Å². The van der Waals surface area contributed by atoms with E-state index in [4.69, 9.17) is 16.3 Å². The zero-order valence-corrected chi connectivity index (χ0v) is 15.8. The molecule has 3 aromatic heterocycles. The number of hydrogen-bond donors (Lipinski definition) is 1. The minimum absolute atomic E-state index is 0.325. The van der Waals surface area contributed by atoms with Gasteiger partial charge in [0.05, 0.1) is 12.0 Å². The summed E-state index contributed by atoms with van der Waals surface area (Å²) in [5.74, 6) is 0.422. The Balaban J connectivity index is 1.79. The van der Waals surface area contributed by atoms with E-state index in [1.54, 1.807) is 23.9 Å². The average molecular weight is 398 g/mol. The highest BCUT2D eigenvalue weighted by atomic mass is 35.5. The van der Waals surface area contributed by atoms with Gasteiger partial charge in [-0.1, -0.05) is 17.7 Å². The zero-order chi connectivity index (χ0) is 19.5. The van der Waals surface area contributed by atoms with E-state index < -0.39 is 0 Å². The molecule has 142 valence electrons. The molecule has 0 aliphatic carbocycles. The molecular weight excluding hydrogens is 381 g/mol. The van der Waals surface area contributed by atoms with Crippen LogP contribution in [0.1, 0.15) is 0 Å². The highest BCUT2D eigenvalue weighted by molar-refractivity contribution is 6.35. The fourth-order valence-electron chi connectivity index (χ4n) is 3.01. The van der Waals surface area contributed by atoms with Gasteiger partial charge in [0.25, 0.3) is 0 Å². The number of rotatable bonds is 6. The summed E-state index contributed by atoms with van der Waals surface area (Å²) in [6.07, 6.45) is 5.02. The number of methoxy groups -OCH3 is 1. The van der Waals surface area contributed by atoms with Crippen molar-refractivity contribution >= 4 is 28.5 Å². The summed E-state index contributed by atoms with van der Waals surface area (Å²) < 4.78 is 20.6. The molecule has 1 aromatic carbocycles. The van der Waals surface area contributed by atoms with Crippen molar-refractivity contribution in [1.82, 2.24) is 19.5 Å². The van der Waals surface area contributed by atoms with E-state index in [1.165, 1.54) is 18.5 Å². The molecule has 6 nitrogen and oxygen atoms in total. The molecule has 0 saturated heterocycles. The summed E-state index contributed by atoms with van der Waals surface area (Å²) in [6, 6.07) is 10.1. The number of pyridine rings is 1. The van der Waals surface area contributed by atoms with Gasteiger partial charge in [-0.15, -0.1) is 0 Å². The summed E-state index contributed by atoms with van der Waals surface area (Å²) in [4.78, 5) is 12.9. The number of benzene rings is 1. The van der Waals surface area contributed by atoms with Crippen LogP contribution in [0.2, 0.25) is 5.15 Å². The smallest absolute Gasteiger partial charge is 0.150 e. The van der Waals surface area contributed by atoms with E-state index in [-0.39, 0.29) is 5.82 Å². The molecule has 0 atom stereocenters. The SMILES string of the molecule is COCCNc1ccc(-c2cn(-c3cccc(F)c3)c3ncnc(Cl)c23)cn1. The van der Waals surface area contributed by atoms with Gasteiger partial charge in [-0.05, 0) is 30.3 Å². The standard InChI is InChI=1S/C20H17ClFN5O/c1-28-8-7-23-17-6-5-13(10-24-17)16-11-27(15-4-2-3-14(22)9-15)20-18(16)19(21)25-12-26-20/h2-6,9-12H,7-8H2,1H3,(H,23,24). The van der Waals surface area contributed by atoms with E-state index in [9.17, 15) is 4.39 Å². The van der Waals surface area contributed by atoms with Crippen molar-refractivity contribution in [2.75, 3.05) is 25.6 Å². The van der Waals surface area contributed by atoms with Gasteiger partial charge in [-0.3, -0.25) is 0 Å². The molecule has 4 rings (SSSR count). The lowest BCUT2D eigenvalue weighted by atomic mass is 10.1. The first-order valence-electron chi connectivity index (χ1n) is 8.64. The van der Waals surface area contributed by atoms with Crippen molar-refractivity contribution in [3.63, 3.8) is 0 Å². The second kappa shape index (κ2) is 7.92. The Bertz CT molecular complexity index is 1110. The Kier molecular flexibility index (Phi) is 5.18. The number of nitrogens with one attached hydrogen (secondary N) is 1. The predicted octanol–water partition coefficient (Wildman–Crippen LogP) is 4.33. The molecule has 0 radical (unpaired) electrons. The molecule has 0 spiro atoms. The molecule has 0 unspecified atom stereocenters. The third kappa shape index (κ3) is 3.54. The number of fused-ring (bicyclic) bond motifs is 1. The number of halogens is 2. The molecule has 8 heteroatoms. The summed E-state index contributed by atoms with van der Waals surface area (Å²) in [5.41, 5.74) is 2.93. The molecule has 1 N–H and O–H groups in total. The number of aromatic nitrogens is 4. The fourth-order valence-corrected chi connectivity index (χ4v) is 3.24. The lowest BCUT2D eigenvalue weighted by Gasteiger charge is -2.06. The summed E-state index contributed by atoms with van der Waals surface area (Å²) >= 11 is 6.37. The zero-order valence-electron chi connectivity index (χ0n) is 15.1. The molecule has 0 saturated carbocycles. The van der Waals surface area contributed by atoms with E-state index in [0.29, 0.717) is 35.0 Å². The molecule has 28 heavy (non-hydrogen) atoms. The highest BCUT2D eigenvalue weighted by Gasteiger charge is 2.17. The van der Waals surface area contributed by atoms with E-state index >= 15 is 0 Å². The highest BCUT2D eigenvalue weighted by Crippen LogP contribution is 2.35. The van der Waals surface area contributed by atoms with Crippen LogP contribution in [0.3, 0.4) is 0 Å². The number of ether oxygens (including phenoxy) is 1. The van der Waals surface area contributed by atoms with Gasteiger partial charge < -0.3 is 14.6 Å². The van der Waals surface area contributed by atoms with Crippen LogP contribution in [0.15, 0.2) is 55.1 Å². The van der Waals surface area contributed by atoms with Crippen LogP contribution in [0.5, 0.6) is 0 Å². The van der Waals surface area contributed by atoms with Crippen LogP contribution in [-0.4, -0.2) is 39.8 Å². The predicted molar refractivity (Wildman–Crippen MR) is 107 cm³/mol. The van der Waals surface area contributed by atoms with E-state index in [0.717, 1.165) is 16.9 Å². The molecule has 0 amide bonds. The quantitative estimate of drug-likeness (QED) is 0.387. The van der Waals surface area contributed by atoms with Crippen molar-refractivity contribution in [1.29, 1.82) is 0 Å². The van der Waals surface area contributed by atoms with Crippen molar-refractivity contribution in [3.05, 3.63) is 66.1 Å². The molecule has 3 heterocycles. The van der Waals surface area contributed by atoms with Gasteiger partial charge in [-0.25, -0.2) is 19.3 Å². The molecule has 4 aromatic rings. The van der Waals surface area contributed by atoms with Gasteiger partial charge >= 0.3 is 0 Å². The maximum atomic E-state index is 13.7. The molecular formula is C20H17ClFN5O. The summed E-state index contributed by atoms with van der Waals surface area (Å²) in [7, 11) is 1.65. The van der Waals surface area contributed by atoms with Crippen LogP contribution < -0.4 is 5.32 Å². The number of hydrogen-bond acceptors (Lipinski definition) is 5. The molecule has 0 aliphatic rings. The van der Waals surface area contributed by atoms with Crippen molar-refractivity contribution < 1.29 is 9.13 Å². The minimum atomic E-state index is -0.325. The Morgan fingerprint density at radius 2 is 2.07 bits per heavy atom. The van der Waals surface area contributed by atoms with E-state index in [2.05, 4.69) is 20.3 Å². The maximum Gasteiger partial charge on any atom is 0.150 e. The number of anilines is 1. The largest absolute Gasteiger partial charge is 0.383 e. The third-order valence-corrected chi connectivity index (χ3v) is 4.60. The van der Waals surface area contributed by atoms with Crippen LogP contribution in [0, 0.1) is 5.82 Å². The second-order valence-electron chi connectivity index (χ2n) is 6.11. The van der Waals surface area contributed by atoms with Crippen LogP contribution >= 0.6 is 11.6 Å². The first kappa shape index (κ1) is 18.3. The Morgan fingerprint density at radius 1 is 1.18 bits per heavy atom. The van der Waals surface area contributed by atoms with Gasteiger partial charge in [0.2, 0.25) is 0 Å².